The molecule has 0 heterocycles. The molecule has 2 amide bonds. The molecule has 19 heavy (non-hydrogen) atoms. The van der Waals surface area contributed by atoms with Crippen LogP contribution in [0.2, 0.25) is 5.02 Å². The molecule has 0 radical (unpaired) electrons. The Morgan fingerprint density at radius 2 is 2.16 bits per heavy atom. The highest BCUT2D eigenvalue weighted by molar-refractivity contribution is 6.30. The molecule has 8 heteroatoms. The number of carboxylic acid groups (broad SMARTS) is 1. The van der Waals surface area contributed by atoms with Gasteiger partial charge in [0.15, 0.2) is 0 Å². The molecular formula is C11H12ClFN2O4. The molecule has 1 aromatic carbocycles. The van der Waals surface area contributed by atoms with Crippen LogP contribution in [-0.4, -0.2) is 36.3 Å². The zero-order valence-corrected chi connectivity index (χ0v) is 10.9. The summed E-state index contributed by atoms with van der Waals surface area (Å²) in [6, 6.07) is 2.30. The lowest BCUT2D eigenvalue weighted by Crippen LogP contribution is -2.40. The fraction of sp³-hybridized carbons (Fsp3) is 0.273. The van der Waals surface area contributed by atoms with E-state index in [2.05, 4.69) is 4.84 Å². The quantitative estimate of drug-likeness (QED) is 0.829. The number of hydrogen-bond donors (Lipinski definition) is 2. The third-order valence-electron chi connectivity index (χ3n) is 2.38. The number of nitrogens with one attached hydrogen (secondary N) is 1. The maximum Gasteiger partial charge on any atom is 0.405 e. The average molecular weight is 291 g/mol. The summed E-state index contributed by atoms with van der Waals surface area (Å²) in [6.07, 6.45) is -1.42. The number of likely N-dealkylation sites (N-methyl/N-ethyl adjacent to an activating group) is 1. The summed E-state index contributed by atoms with van der Waals surface area (Å²) in [7, 11) is 2.56. The average Bonchev–Trinajstić information content (AvgIpc) is 2.37. The number of rotatable bonds is 4. The number of carbonyl (C=O) groups excluding carboxylic acids is 1. The molecule has 2 N–H and O–H groups in total. The highest BCUT2D eigenvalue weighted by atomic mass is 35.5. The van der Waals surface area contributed by atoms with Crippen LogP contribution >= 0.6 is 11.6 Å². The van der Waals surface area contributed by atoms with Gasteiger partial charge in [0.25, 0.3) is 5.91 Å². The van der Waals surface area contributed by atoms with Crippen molar-refractivity contribution in [3.63, 3.8) is 0 Å². The molecule has 0 bridgehead atoms. The number of amides is 2. The van der Waals surface area contributed by atoms with E-state index in [4.69, 9.17) is 16.7 Å². The zero-order chi connectivity index (χ0) is 14.6. The van der Waals surface area contributed by atoms with E-state index in [1.165, 1.54) is 26.3 Å². The first-order valence-electron chi connectivity index (χ1n) is 5.13. The minimum Gasteiger partial charge on any atom is -0.465 e. The van der Waals surface area contributed by atoms with Gasteiger partial charge in [0.1, 0.15) is 11.9 Å². The molecule has 1 rings (SSSR count). The predicted molar refractivity (Wildman–Crippen MR) is 65.1 cm³/mol. The molecule has 0 aliphatic heterocycles. The van der Waals surface area contributed by atoms with E-state index in [1.807, 2.05) is 5.32 Å². The summed E-state index contributed by atoms with van der Waals surface area (Å²) in [5, 5.41) is 11.4. The van der Waals surface area contributed by atoms with Crippen molar-refractivity contribution in [2.45, 2.75) is 6.04 Å². The smallest absolute Gasteiger partial charge is 0.405 e. The van der Waals surface area contributed by atoms with E-state index in [0.29, 0.717) is 0 Å². The molecule has 1 aromatic rings. The van der Waals surface area contributed by atoms with E-state index in [1.54, 1.807) is 0 Å². The Morgan fingerprint density at radius 3 is 2.63 bits per heavy atom. The summed E-state index contributed by atoms with van der Waals surface area (Å²) >= 11 is 5.53. The predicted octanol–water partition coefficient (Wildman–Crippen LogP) is 1.81. The topological polar surface area (TPSA) is 78.9 Å². The molecular weight excluding hydrogens is 279 g/mol. The van der Waals surface area contributed by atoms with Crippen molar-refractivity contribution in [3.05, 3.63) is 34.6 Å². The van der Waals surface area contributed by atoms with E-state index >= 15 is 0 Å². The van der Waals surface area contributed by atoms with Gasteiger partial charge in [-0.3, -0.25) is 9.63 Å². The van der Waals surface area contributed by atoms with Gasteiger partial charge in [0, 0.05) is 7.05 Å². The molecule has 1 atom stereocenters. The first-order chi connectivity index (χ1) is 8.86. The van der Waals surface area contributed by atoms with Gasteiger partial charge in [0.2, 0.25) is 0 Å². The summed E-state index contributed by atoms with van der Waals surface area (Å²) in [5.74, 6) is -1.43. The number of hydroxylamine groups is 2. The van der Waals surface area contributed by atoms with Gasteiger partial charge in [-0.1, -0.05) is 17.7 Å². The molecule has 104 valence electrons. The molecule has 0 saturated carbocycles. The molecule has 1 unspecified atom stereocenters. The first kappa shape index (κ1) is 15.2. The SMILES string of the molecule is CON(C)C(=O)C(NC(=O)O)c1ccc(Cl)c(F)c1. The zero-order valence-electron chi connectivity index (χ0n) is 10.2. The molecule has 0 aliphatic carbocycles. The second-order valence-electron chi connectivity index (χ2n) is 3.57. The Kier molecular flexibility index (Phi) is 5.08. The van der Waals surface area contributed by atoms with Gasteiger partial charge in [-0.05, 0) is 17.7 Å². The van der Waals surface area contributed by atoms with E-state index in [9.17, 15) is 14.0 Å². The van der Waals surface area contributed by atoms with E-state index in [-0.39, 0.29) is 10.6 Å². The Bertz CT molecular complexity index is 498. The van der Waals surface area contributed by atoms with Gasteiger partial charge < -0.3 is 10.4 Å². The Balaban J connectivity index is 3.12. The van der Waals surface area contributed by atoms with Gasteiger partial charge >= 0.3 is 6.09 Å². The molecule has 0 saturated heterocycles. The summed E-state index contributed by atoms with van der Waals surface area (Å²) in [6.45, 7) is 0. The second-order valence-corrected chi connectivity index (χ2v) is 3.98. The molecule has 6 nitrogen and oxygen atoms in total. The van der Waals surface area contributed by atoms with Crippen LogP contribution in [0, 0.1) is 5.82 Å². The van der Waals surface area contributed by atoms with Crippen molar-refractivity contribution in [1.82, 2.24) is 10.4 Å². The third-order valence-corrected chi connectivity index (χ3v) is 2.68. The maximum atomic E-state index is 13.4. The highest BCUT2D eigenvalue weighted by Crippen LogP contribution is 2.21. The largest absolute Gasteiger partial charge is 0.465 e. The normalized spacial score (nSPS) is 11.8. The minimum atomic E-state index is -1.42. The lowest BCUT2D eigenvalue weighted by atomic mass is 10.1. The van der Waals surface area contributed by atoms with Crippen molar-refractivity contribution < 1.29 is 23.9 Å². The fourth-order valence-corrected chi connectivity index (χ4v) is 1.49. The number of nitrogens with zero attached hydrogens (tertiary/aromatic N) is 1. The van der Waals surface area contributed by atoms with Crippen LogP contribution < -0.4 is 5.32 Å². The maximum absolute atomic E-state index is 13.4. The van der Waals surface area contributed by atoms with E-state index in [0.717, 1.165) is 11.1 Å². The van der Waals surface area contributed by atoms with Crippen LogP contribution in [0.5, 0.6) is 0 Å². The number of benzene rings is 1. The molecule has 0 fully saturated rings. The lowest BCUT2D eigenvalue weighted by Gasteiger charge is -2.22. The van der Waals surface area contributed by atoms with Crippen molar-refractivity contribution in [2.24, 2.45) is 0 Å². The lowest BCUT2D eigenvalue weighted by molar-refractivity contribution is -0.171. The van der Waals surface area contributed by atoms with Gasteiger partial charge in [-0.25, -0.2) is 14.2 Å². The highest BCUT2D eigenvalue weighted by Gasteiger charge is 2.26. The Hall–Kier alpha value is -1.86. The van der Waals surface area contributed by atoms with Crippen LogP contribution in [0.25, 0.3) is 0 Å². The Labute approximate surface area is 113 Å². The summed E-state index contributed by atoms with van der Waals surface area (Å²) in [5.41, 5.74) is 0.123. The summed E-state index contributed by atoms with van der Waals surface area (Å²) < 4.78 is 13.4. The Morgan fingerprint density at radius 1 is 1.53 bits per heavy atom. The molecule has 0 spiro atoms. The monoisotopic (exact) mass is 290 g/mol. The van der Waals surface area contributed by atoms with Crippen LogP contribution in [0.3, 0.4) is 0 Å². The minimum absolute atomic E-state index is 0.120. The molecule has 0 aromatic heterocycles. The van der Waals surface area contributed by atoms with Crippen molar-refractivity contribution >= 4 is 23.6 Å². The third kappa shape index (κ3) is 3.80. The van der Waals surface area contributed by atoms with Gasteiger partial charge in [-0.15, -0.1) is 0 Å². The van der Waals surface area contributed by atoms with Crippen LogP contribution in [0.4, 0.5) is 9.18 Å². The van der Waals surface area contributed by atoms with Gasteiger partial charge in [0.05, 0.1) is 12.1 Å². The van der Waals surface area contributed by atoms with Crippen LogP contribution in [-0.2, 0) is 9.63 Å². The van der Waals surface area contributed by atoms with Crippen molar-refractivity contribution in [1.29, 1.82) is 0 Å². The second kappa shape index (κ2) is 6.35. The van der Waals surface area contributed by atoms with Crippen LogP contribution in [0.15, 0.2) is 18.2 Å². The fourth-order valence-electron chi connectivity index (χ4n) is 1.37. The standard InChI is InChI=1S/C11H12ClFN2O4/c1-15(19-2)10(16)9(14-11(17)18)6-3-4-7(12)8(13)5-6/h3-5,9,14H,1-2H3,(H,17,18). The van der Waals surface area contributed by atoms with Crippen molar-refractivity contribution in [2.75, 3.05) is 14.2 Å². The van der Waals surface area contributed by atoms with E-state index < -0.39 is 23.9 Å². The van der Waals surface area contributed by atoms with Crippen LogP contribution in [0.1, 0.15) is 11.6 Å². The number of hydrogen-bond acceptors (Lipinski definition) is 3. The van der Waals surface area contributed by atoms with Gasteiger partial charge in [-0.2, -0.15) is 0 Å². The summed E-state index contributed by atoms with van der Waals surface area (Å²) in [4.78, 5) is 27.3. The molecule has 0 aliphatic rings. The number of halogens is 2. The van der Waals surface area contributed by atoms with Crippen molar-refractivity contribution in [3.8, 4) is 0 Å². The number of carbonyl (C=O) groups is 2. The first-order valence-corrected chi connectivity index (χ1v) is 5.50.